The molecule has 107 valence electrons. The van der Waals surface area contributed by atoms with Crippen molar-refractivity contribution in [1.29, 1.82) is 0 Å². The van der Waals surface area contributed by atoms with Gasteiger partial charge in [0.15, 0.2) is 0 Å². The van der Waals surface area contributed by atoms with E-state index in [-0.39, 0.29) is 12.8 Å². The Bertz CT molecular complexity index is 403. The first-order valence-corrected chi connectivity index (χ1v) is 5.52. The third-order valence-electron chi connectivity index (χ3n) is 2.59. The number of hydrogen-bond acceptors (Lipinski definition) is 0. The summed E-state index contributed by atoms with van der Waals surface area (Å²) in [5, 5.41) is 11.7. The number of hydrogen-bond donors (Lipinski definition) is 0. The first-order chi connectivity index (χ1) is 8.59. The molecule has 0 heterocycles. The van der Waals surface area contributed by atoms with Crippen LogP contribution in [0.15, 0.2) is 18.2 Å². The molecule has 1 aromatic carbocycles. The van der Waals surface area contributed by atoms with Gasteiger partial charge in [0.05, 0.1) is 11.1 Å². The van der Waals surface area contributed by atoms with E-state index >= 15 is 0 Å². The highest BCUT2D eigenvalue weighted by Gasteiger charge is 2.42. The molecule has 7 heteroatoms. The van der Waals surface area contributed by atoms with Gasteiger partial charge in [0, 0.05) is 5.56 Å². The summed E-state index contributed by atoms with van der Waals surface area (Å²) in [6.07, 6.45) is -12.1. The van der Waals surface area contributed by atoms with Crippen LogP contribution >= 0.6 is 0 Å². The molecule has 0 aromatic heterocycles. The van der Waals surface area contributed by atoms with E-state index in [1.807, 2.05) is 0 Å². The molecule has 0 saturated heterocycles. The second-order valence-corrected chi connectivity index (χ2v) is 4.04. The minimum absolute atomic E-state index is 0.206. The number of halogens is 6. The second-order valence-electron chi connectivity index (χ2n) is 4.04. The van der Waals surface area contributed by atoms with Crippen molar-refractivity contribution < 1.29 is 31.4 Å². The van der Waals surface area contributed by atoms with Crippen LogP contribution in [-0.2, 0) is 17.5 Å². The van der Waals surface area contributed by atoms with Gasteiger partial charge >= 0.3 is 12.4 Å². The Morgan fingerprint density at radius 1 is 1.00 bits per heavy atom. The van der Waals surface area contributed by atoms with Crippen molar-refractivity contribution >= 4 is 0 Å². The Hall–Kier alpha value is -1.24. The fourth-order valence-corrected chi connectivity index (χ4v) is 1.81. The zero-order valence-electron chi connectivity index (χ0n) is 9.90. The molecule has 1 atom stereocenters. The van der Waals surface area contributed by atoms with Crippen LogP contribution in [0, 0.1) is 0 Å². The lowest BCUT2D eigenvalue weighted by molar-refractivity contribution is -0.147. The Labute approximate surface area is 105 Å². The molecule has 0 aliphatic heterocycles. The molecule has 1 radical (unpaired) electrons. The molecule has 1 rings (SSSR count). The summed E-state index contributed by atoms with van der Waals surface area (Å²) in [6, 6.07) is 1.67. The first kappa shape index (κ1) is 15.8. The summed E-state index contributed by atoms with van der Waals surface area (Å²) >= 11 is 0. The average molecular weight is 285 g/mol. The third-order valence-corrected chi connectivity index (χ3v) is 2.59. The van der Waals surface area contributed by atoms with Crippen LogP contribution in [0.4, 0.5) is 26.3 Å². The van der Waals surface area contributed by atoms with Gasteiger partial charge in [0.1, 0.15) is 6.10 Å². The van der Waals surface area contributed by atoms with Crippen molar-refractivity contribution in [3.63, 3.8) is 0 Å². The lowest BCUT2D eigenvalue weighted by Gasteiger charge is -2.21. The van der Waals surface area contributed by atoms with E-state index in [1.54, 1.807) is 0 Å². The molecule has 0 aliphatic rings. The molecule has 1 nitrogen and oxygen atoms in total. The highest BCUT2D eigenvalue weighted by atomic mass is 19.4. The van der Waals surface area contributed by atoms with Gasteiger partial charge in [0.25, 0.3) is 0 Å². The Kier molecular flexibility index (Phi) is 4.50. The zero-order valence-corrected chi connectivity index (χ0v) is 9.90. The molecule has 0 N–H and O–H groups in total. The van der Waals surface area contributed by atoms with Crippen molar-refractivity contribution in [1.82, 2.24) is 0 Å². The first-order valence-electron chi connectivity index (χ1n) is 5.52. The van der Waals surface area contributed by atoms with E-state index in [9.17, 15) is 31.4 Å². The van der Waals surface area contributed by atoms with Gasteiger partial charge in [-0.15, -0.1) is 0 Å². The van der Waals surface area contributed by atoms with Gasteiger partial charge in [0.2, 0.25) is 0 Å². The molecule has 1 unspecified atom stereocenters. The van der Waals surface area contributed by atoms with Crippen LogP contribution in [0.5, 0.6) is 0 Å². The number of rotatable bonds is 3. The maximum absolute atomic E-state index is 12.7. The lowest BCUT2D eigenvalue weighted by Crippen LogP contribution is -2.18. The van der Waals surface area contributed by atoms with E-state index in [2.05, 4.69) is 0 Å². The van der Waals surface area contributed by atoms with Gasteiger partial charge in [-0.2, -0.15) is 26.3 Å². The predicted molar refractivity (Wildman–Crippen MR) is 54.8 cm³/mol. The third kappa shape index (κ3) is 3.62. The summed E-state index contributed by atoms with van der Waals surface area (Å²) in [7, 11) is 0. The second kappa shape index (κ2) is 5.40. The molecule has 0 fully saturated rings. The van der Waals surface area contributed by atoms with Crippen LogP contribution in [0.3, 0.4) is 0 Å². The van der Waals surface area contributed by atoms with Gasteiger partial charge in [-0.1, -0.05) is 19.4 Å². The summed E-state index contributed by atoms with van der Waals surface area (Å²) in [5.41, 5.74) is -4.21. The summed E-state index contributed by atoms with van der Waals surface area (Å²) < 4.78 is 76.3. The Morgan fingerprint density at radius 3 is 1.74 bits per heavy atom. The zero-order chi connectivity index (χ0) is 14.8. The lowest BCUT2D eigenvalue weighted by atomic mass is 9.93. The van der Waals surface area contributed by atoms with Crippen molar-refractivity contribution in [2.45, 2.75) is 38.2 Å². The summed E-state index contributed by atoms with van der Waals surface area (Å²) in [6.45, 7) is 1.52. The summed E-state index contributed by atoms with van der Waals surface area (Å²) in [4.78, 5) is 0. The fourth-order valence-electron chi connectivity index (χ4n) is 1.81. The van der Waals surface area contributed by atoms with Crippen molar-refractivity contribution in [3.8, 4) is 0 Å². The molecular formula is C12H11F6O. The standard InChI is InChI=1S/C12H11F6O/c1-2-4-9(19)10-7(11(13,14)15)5-3-6-8(10)12(16,17)18/h3,5-6,9H,2,4H2,1H3. The van der Waals surface area contributed by atoms with E-state index < -0.39 is 35.1 Å². The molecule has 0 amide bonds. The normalized spacial score (nSPS) is 14.5. The van der Waals surface area contributed by atoms with E-state index in [0.717, 1.165) is 0 Å². The van der Waals surface area contributed by atoms with Gasteiger partial charge in [-0.25, -0.2) is 5.11 Å². The molecule has 19 heavy (non-hydrogen) atoms. The SMILES string of the molecule is CCCC([O])c1c(C(F)(F)F)cccc1C(F)(F)F. The topological polar surface area (TPSA) is 19.9 Å². The largest absolute Gasteiger partial charge is 0.416 e. The highest BCUT2D eigenvalue weighted by molar-refractivity contribution is 5.40. The maximum Gasteiger partial charge on any atom is 0.416 e. The molecule has 0 saturated carbocycles. The molecule has 1 aromatic rings. The minimum atomic E-state index is -4.98. The smallest absolute Gasteiger partial charge is 0.228 e. The summed E-state index contributed by atoms with van der Waals surface area (Å²) in [5.74, 6) is 0. The van der Waals surface area contributed by atoms with Crippen LogP contribution in [0.2, 0.25) is 0 Å². The molecule has 0 aliphatic carbocycles. The number of benzene rings is 1. The monoisotopic (exact) mass is 285 g/mol. The Morgan fingerprint density at radius 2 is 1.42 bits per heavy atom. The van der Waals surface area contributed by atoms with E-state index in [4.69, 9.17) is 0 Å². The average Bonchev–Trinajstić information content (AvgIpc) is 2.26. The van der Waals surface area contributed by atoms with Crippen LogP contribution in [-0.4, -0.2) is 0 Å². The fraction of sp³-hybridized carbons (Fsp3) is 0.500. The van der Waals surface area contributed by atoms with E-state index in [1.165, 1.54) is 6.92 Å². The van der Waals surface area contributed by atoms with Crippen molar-refractivity contribution in [3.05, 3.63) is 34.9 Å². The van der Waals surface area contributed by atoms with Crippen LogP contribution in [0.1, 0.15) is 42.6 Å². The van der Waals surface area contributed by atoms with Crippen LogP contribution < -0.4 is 0 Å². The quantitative estimate of drug-likeness (QED) is 0.697. The van der Waals surface area contributed by atoms with Crippen LogP contribution in [0.25, 0.3) is 0 Å². The van der Waals surface area contributed by atoms with Crippen molar-refractivity contribution in [2.75, 3.05) is 0 Å². The van der Waals surface area contributed by atoms with E-state index in [0.29, 0.717) is 18.2 Å². The minimum Gasteiger partial charge on any atom is -0.228 e. The Balaban J connectivity index is 3.50. The molecule has 0 spiro atoms. The number of alkyl halides is 6. The van der Waals surface area contributed by atoms with Crippen molar-refractivity contribution in [2.24, 2.45) is 0 Å². The van der Waals surface area contributed by atoms with Gasteiger partial charge in [-0.05, 0) is 18.6 Å². The van der Waals surface area contributed by atoms with Gasteiger partial charge < -0.3 is 0 Å². The van der Waals surface area contributed by atoms with Gasteiger partial charge in [-0.3, -0.25) is 0 Å². The maximum atomic E-state index is 12.7. The highest BCUT2D eigenvalue weighted by Crippen LogP contribution is 2.42. The molecule has 0 bridgehead atoms. The molecular weight excluding hydrogens is 274 g/mol. The predicted octanol–water partition coefficient (Wildman–Crippen LogP) is 5.00.